The van der Waals surface area contributed by atoms with E-state index in [1.54, 1.807) is 25.3 Å². The van der Waals surface area contributed by atoms with Crippen LogP contribution in [0, 0.1) is 6.92 Å². The Morgan fingerprint density at radius 1 is 1.30 bits per heavy atom. The molecule has 2 amide bonds. The molecule has 5 nitrogen and oxygen atoms in total. The maximum atomic E-state index is 11.7. The van der Waals surface area contributed by atoms with Crippen molar-refractivity contribution in [2.75, 3.05) is 25.6 Å². The lowest BCUT2D eigenvalue weighted by atomic mass is 10.2. The van der Waals surface area contributed by atoms with E-state index >= 15 is 0 Å². The van der Waals surface area contributed by atoms with Crippen LogP contribution in [-0.4, -0.2) is 32.1 Å². The number of benzene rings is 1. The lowest BCUT2D eigenvalue weighted by molar-refractivity contribution is -0.126. The molecule has 0 bridgehead atoms. The van der Waals surface area contributed by atoms with E-state index in [2.05, 4.69) is 10.6 Å². The fourth-order valence-corrected chi connectivity index (χ4v) is 1.84. The van der Waals surface area contributed by atoms with Crippen LogP contribution in [0.15, 0.2) is 18.2 Å². The average Bonchev–Trinajstić information content (AvgIpc) is 2.38. The zero-order valence-corrected chi connectivity index (χ0v) is 12.4. The van der Waals surface area contributed by atoms with Gasteiger partial charge in [-0.25, -0.2) is 0 Å². The number of amides is 2. The molecule has 1 rings (SSSR count). The summed E-state index contributed by atoms with van der Waals surface area (Å²) >= 11 is 5.83. The Kier molecular flexibility index (Phi) is 7.04. The van der Waals surface area contributed by atoms with Gasteiger partial charge in [0.15, 0.2) is 0 Å². The van der Waals surface area contributed by atoms with Gasteiger partial charge in [0.2, 0.25) is 11.8 Å². The predicted octanol–water partition coefficient (Wildman–Crippen LogP) is 2.13. The van der Waals surface area contributed by atoms with Gasteiger partial charge in [0.05, 0.1) is 0 Å². The molecule has 0 atom stereocenters. The molecule has 1 aromatic rings. The van der Waals surface area contributed by atoms with Gasteiger partial charge < -0.3 is 15.4 Å². The molecule has 0 saturated heterocycles. The molecule has 0 radical (unpaired) electrons. The van der Waals surface area contributed by atoms with Crippen LogP contribution in [0.3, 0.4) is 0 Å². The minimum absolute atomic E-state index is 0.199. The van der Waals surface area contributed by atoms with Crippen LogP contribution in [-0.2, 0) is 14.3 Å². The molecular weight excluding hydrogens is 280 g/mol. The van der Waals surface area contributed by atoms with E-state index in [1.807, 2.05) is 6.92 Å². The Morgan fingerprint density at radius 2 is 2.05 bits per heavy atom. The maximum Gasteiger partial charge on any atom is 0.233 e. The third-order valence-electron chi connectivity index (χ3n) is 2.63. The molecule has 2 N–H and O–H groups in total. The lowest BCUT2D eigenvalue weighted by Gasteiger charge is -2.09. The Morgan fingerprint density at radius 3 is 2.70 bits per heavy atom. The summed E-state index contributed by atoms with van der Waals surface area (Å²) in [5, 5.41) is 5.95. The van der Waals surface area contributed by atoms with Crippen molar-refractivity contribution < 1.29 is 14.3 Å². The maximum absolute atomic E-state index is 11.7. The van der Waals surface area contributed by atoms with Crippen LogP contribution in [0.1, 0.15) is 18.4 Å². The second-order valence-electron chi connectivity index (χ2n) is 4.38. The number of methoxy groups -OCH3 is 1. The van der Waals surface area contributed by atoms with E-state index < -0.39 is 0 Å². The van der Waals surface area contributed by atoms with Gasteiger partial charge in [-0.1, -0.05) is 11.6 Å². The first kappa shape index (κ1) is 16.5. The van der Waals surface area contributed by atoms with Gasteiger partial charge in [-0.3, -0.25) is 9.59 Å². The van der Waals surface area contributed by atoms with E-state index in [9.17, 15) is 9.59 Å². The number of hydrogen-bond acceptors (Lipinski definition) is 3. The summed E-state index contributed by atoms with van der Waals surface area (Å²) in [6.07, 6.45) is 0.523. The molecule has 1 aromatic carbocycles. The fourth-order valence-electron chi connectivity index (χ4n) is 1.61. The van der Waals surface area contributed by atoms with Crippen LogP contribution >= 0.6 is 11.6 Å². The number of aryl methyl sites for hydroxylation is 1. The minimum Gasteiger partial charge on any atom is -0.385 e. The van der Waals surface area contributed by atoms with Crippen LogP contribution in [0.4, 0.5) is 5.69 Å². The van der Waals surface area contributed by atoms with Crippen molar-refractivity contribution >= 4 is 29.1 Å². The SMILES string of the molecule is COCCCNC(=O)CC(=O)Nc1ccc(Cl)cc1C. The van der Waals surface area contributed by atoms with Crippen molar-refractivity contribution in [3.8, 4) is 0 Å². The second-order valence-corrected chi connectivity index (χ2v) is 4.82. The van der Waals surface area contributed by atoms with E-state index in [4.69, 9.17) is 16.3 Å². The summed E-state index contributed by atoms with van der Waals surface area (Å²) in [7, 11) is 1.60. The smallest absolute Gasteiger partial charge is 0.233 e. The minimum atomic E-state index is -0.348. The first-order valence-electron chi connectivity index (χ1n) is 6.34. The van der Waals surface area contributed by atoms with Crippen molar-refractivity contribution in [3.63, 3.8) is 0 Å². The van der Waals surface area contributed by atoms with Crippen LogP contribution in [0.5, 0.6) is 0 Å². The monoisotopic (exact) mass is 298 g/mol. The molecule has 0 saturated carbocycles. The zero-order valence-electron chi connectivity index (χ0n) is 11.7. The van der Waals surface area contributed by atoms with Gasteiger partial charge in [0, 0.05) is 31.0 Å². The number of halogens is 1. The highest BCUT2D eigenvalue weighted by Gasteiger charge is 2.10. The highest BCUT2D eigenvalue weighted by atomic mass is 35.5. The molecule has 0 aliphatic rings. The van der Waals surface area contributed by atoms with E-state index in [1.165, 1.54) is 0 Å². The second kappa shape index (κ2) is 8.55. The molecular formula is C14H19ClN2O3. The van der Waals surface area contributed by atoms with Gasteiger partial charge in [-0.05, 0) is 37.1 Å². The largest absolute Gasteiger partial charge is 0.385 e. The highest BCUT2D eigenvalue weighted by Crippen LogP contribution is 2.19. The number of carbonyl (C=O) groups excluding carboxylic acids is 2. The third-order valence-corrected chi connectivity index (χ3v) is 2.87. The molecule has 0 aromatic heterocycles. The van der Waals surface area contributed by atoms with Crippen LogP contribution in [0.2, 0.25) is 5.02 Å². The first-order chi connectivity index (χ1) is 9.52. The number of carbonyl (C=O) groups is 2. The first-order valence-corrected chi connectivity index (χ1v) is 6.72. The molecule has 0 heterocycles. The van der Waals surface area contributed by atoms with E-state index in [-0.39, 0.29) is 18.2 Å². The summed E-state index contributed by atoms with van der Waals surface area (Å²) in [5.41, 5.74) is 1.51. The Hall–Kier alpha value is -1.59. The van der Waals surface area contributed by atoms with Gasteiger partial charge in [-0.15, -0.1) is 0 Å². The standard InChI is InChI=1S/C14H19ClN2O3/c1-10-8-11(15)4-5-12(10)17-14(19)9-13(18)16-6-3-7-20-2/h4-5,8H,3,6-7,9H2,1-2H3,(H,16,18)(H,17,19). The number of hydrogen-bond donors (Lipinski definition) is 2. The van der Waals surface area contributed by atoms with Crippen molar-refractivity contribution in [2.24, 2.45) is 0 Å². The molecule has 6 heteroatoms. The number of nitrogens with one attached hydrogen (secondary N) is 2. The fraction of sp³-hybridized carbons (Fsp3) is 0.429. The normalized spacial score (nSPS) is 10.2. The summed E-state index contributed by atoms with van der Waals surface area (Å²) in [4.78, 5) is 23.2. The Bertz CT molecular complexity index is 477. The van der Waals surface area contributed by atoms with Crippen molar-refractivity contribution in [2.45, 2.75) is 19.8 Å². The predicted molar refractivity (Wildman–Crippen MR) is 78.9 cm³/mol. The zero-order chi connectivity index (χ0) is 15.0. The van der Waals surface area contributed by atoms with Crippen LogP contribution < -0.4 is 10.6 Å². The molecule has 0 fully saturated rings. The van der Waals surface area contributed by atoms with Gasteiger partial charge in [0.1, 0.15) is 6.42 Å². The topological polar surface area (TPSA) is 67.4 Å². The third kappa shape index (κ3) is 6.04. The summed E-state index contributed by atoms with van der Waals surface area (Å²) in [5.74, 6) is -0.648. The molecule has 0 aliphatic carbocycles. The quantitative estimate of drug-likeness (QED) is 0.598. The molecule has 0 aliphatic heterocycles. The number of rotatable bonds is 7. The van der Waals surface area contributed by atoms with Gasteiger partial charge >= 0.3 is 0 Å². The van der Waals surface area contributed by atoms with Gasteiger partial charge in [-0.2, -0.15) is 0 Å². The Labute approximate surface area is 123 Å². The van der Waals surface area contributed by atoms with Crippen molar-refractivity contribution in [3.05, 3.63) is 28.8 Å². The lowest BCUT2D eigenvalue weighted by Crippen LogP contribution is -2.29. The average molecular weight is 299 g/mol. The number of anilines is 1. The summed E-state index contributed by atoms with van der Waals surface area (Å²) in [6.45, 7) is 2.92. The van der Waals surface area contributed by atoms with Gasteiger partial charge in [0.25, 0.3) is 0 Å². The molecule has 0 spiro atoms. The molecule has 0 unspecified atom stereocenters. The molecule has 20 heavy (non-hydrogen) atoms. The number of ether oxygens (including phenoxy) is 1. The molecule has 110 valence electrons. The van der Waals surface area contributed by atoms with Crippen LogP contribution in [0.25, 0.3) is 0 Å². The van der Waals surface area contributed by atoms with Crippen molar-refractivity contribution in [1.82, 2.24) is 5.32 Å². The van der Waals surface area contributed by atoms with Crippen molar-refractivity contribution in [1.29, 1.82) is 0 Å². The highest BCUT2D eigenvalue weighted by molar-refractivity contribution is 6.30. The van der Waals surface area contributed by atoms with E-state index in [0.717, 1.165) is 12.0 Å². The van der Waals surface area contributed by atoms with E-state index in [0.29, 0.717) is 23.9 Å². The summed E-state index contributed by atoms with van der Waals surface area (Å²) < 4.78 is 4.87. The summed E-state index contributed by atoms with van der Waals surface area (Å²) in [6, 6.07) is 5.16. The Balaban J connectivity index is 2.37.